The van der Waals surface area contributed by atoms with Crippen molar-refractivity contribution in [3.63, 3.8) is 0 Å². The van der Waals surface area contributed by atoms with Crippen LogP contribution in [0.5, 0.6) is 5.75 Å². The van der Waals surface area contributed by atoms with Crippen LogP contribution in [0.1, 0.15) is 12.0 Å². The molecule has 106 valence electrons. The predicted octanol–water partition coefficient (Wildman–Crippen LogP) is 1.21. The Morgan fingerprint density at radius 2 is 2.11 bits per heavy atom. The van der Waals surface area contributed by atoms with Crippen LogP contribution in [0.15, 0.2) is 29.4 Å². The molecule has 0 atom stereocenters. The van der Waals surface area contributed by atoms with Crippen LogP contribution in [0.25, 0.3) is 0 Å². The normalized spacial score (nSPS) is 11.5. The minimum absolute atomic E-state index is 0.0567. The molecule has 0 fully saturated rings. The summed E-state index contributed by atoms with van der Waals surface area (Å²) in [5, 5.41) is 11.5. The Morgan fingerprint density at radius 3 is 2.84 bits per heavy atom. The number of benzene rings is 1. The number of ether oxygens (including phenoxy) is 3. The smallest absolute Gasteiger partial charge is 0.170 e. The van der Waals surface area contributed by atoms with Crippen molar-refractivity contribution in [3.8, 4) is 5.75 Å². The SMILES string of the molecule is COCCCOCCOc1cccc(/C(N)=N/O)c1. The largest absolute Gasteiger partial charge is 0.491 e. The van der Waals surface area contributed by atoms with Crippen molar-refractivity contribution in [3.05, 3.63) is 29.8 Å². The van der Waals surface area contributed by atoms with Gasteiger partial charge in [0.2, 0.25) is 0 Å². The average molecular weight is 268 g/mol. The summed E-state index contributed by atoms with van der Waals surface area (Å²) < 4.78 is 15.8. The zero-order valence-corrected chi connectivity index (χ0v) is 11.0. The highest BCUT2D eigenvalue weighted by Crippen LogP contribution is 2.12. The van der Waals surface area contributed by atoms with E-state index in [1.54, 1.807) is 31.4 Å². The summed E-state index contributed by atoms with van der Waals surface area (Å²) in [5.41, 5.74) is 6.11. The number of nitrogens with zero attached hydrogens (tertiary/aromatic N) is 1. The number of methoxy groups -OCH3 is 1. The minimum Gasteiger partial charge on any atom is -0.491 e. The molecule has 0 radical (unpaired) electrons. The van der Waals surface area contributed by atoms with E-state index in [1.165, 1.54) is 0 Å². The first-order valence-corrected chi connectivity index (χ1v) is 6.05. The second-order valence-corrected chi connectivity index (χ2v) is 3.82. The Kier molecular flexibility index (Phi) is 7.38. The average Bonchev–Trinajstić information content (AvgIpc) is 2.46. The second kappa shape index (κ2) is 9.18. The van der Waals surface area contributed by atoms with Crippen LogP contribution >= 0.6 is 0 Å². The van der Waals surface area contributed by atoms with Crippen molar-refractivity contribution >= 4 is 5.84 Å². The molecule has 1 aromatic carbocycles. The molecule has 1 rings (SSSR count). The molecular formula is C13H20N2O4. The van der Waals surface area contributed by atoms with Crippen molar-refractivity contribution in [1.82, 2.24) is 0 Å². The third kappa shape index (κ3) is 6.08. The number of rotatable bonds is 9. The van der Waals surface area contributed by atoms with E-state index in [2.05, 4.69) is 5.16 Å². The highest BCUT2D eigenvalue weighted by molar-refractivity contribution is 5.97. The van der Waals surface area contributed by atoms with E-state index >= 15 is 0 Å². The molecule has 0 bridgehead atoms. The fraction of sp³-hybridized carbons (Fsp3) is 0.462. The Hall–Kier alpha value is -1.79. The lowest BCUT2D eigenvalue weighted by Crippen LogP contribution is -2.13. The minimum atomic E-state index is 0.0567. The summed E-state index contributed by atoms with van der Waals surface area (Å²) in [6.07, 6.45) is 0.871. The molecule has 1 aromatic rings. The molecule has 0 saturated heterocycles. The van der Waals surface area contributed by atoms with Gasteiger partial charge in [0.25, 0.3) is 0 Å². The van der Waals surface area contributed by atoms with E-state index in [0.29, 0.717) is 37.7 Å². The summed E-state index contributed by atoms with van der Waals surface area (Å²) in [5.74, 6) is 0.714. The van der Waals surface area contributed by atoms with E-state index in [1.807, 2.05) is 0 Å². The first kappa shape index (κ1) is 15.3. The van der Waals surface area contributed by atoms with E-state index in [-0.39, 0.29) is 5.84 Å². The van der Waals surface area contributed by atoms with Gasteiger partial charge in [-0.1, -0.05) is 17.3 Å². The van der Waals surface area contributed by atoms with Crippen molar-refractivity contribution in [2.24, 2.45) is 10.9 Å². The zero-order chi connectivity index (χ0) is 13.9. The molecule has 0 aliphatic carbocycles. The second-order valence-electron chi connectivity index (χ2n) is 3.82. The van der Waals surface area contributed by atoms with Gasteiger partial charge in [0.05, 0.1) is 6.61 Å². The van der Waals surface area contributed by atoms with Crippen molar-refractivity contribution < 1.29 is 19.4 Å². The molecule has 0 saturated carbocycles. The van der Waals surface area contributed by atoms with Gasteiger partial charge in [-0.15, -0.1) is 0 Å². The van der Waals surface area contributed by atoms with E-state index in [9.17, 15) is 0 Å². The highest BCUT2D eigenvalue weighted by Gasteiger charge is 2.01. The summed E-state index contributed by atoms with van der Waals surface area (Å²) in [4.78, 5) is 0. The quantitative estimate of drug-likeness (QED) is 0.231. The van der Waals surface area contributed by atoms with Crippen LogP contribution < -0.4 is 10.5 Å². The van der Waals surface area contributed by atoms with E-state index < -0.39 is 0 Å². The predicted molar refractivity (Wildman–Crippen MR) is 71.8 cm³/mol. The zero-order valence-electron chi connectivity index (χ0n) is 11.0. The van der Waals surface area contributed by atoms with Crippen LogP contribution in [0.4, 0.5) is 0 Å². The van der Waals surface area contributed by atoms with E-state index in [4.69, 9.17) is 25.2 Å². The lowest BCUT2D eigenvalue weighted by atomic mass is 10.2. The number of amidine groups is 1. The molecule has 0 spiro atoms. The maximum absolute atomic E-state index is 8.59. The van der Waals surface area contributed by atoms with Crippen LogP contribution in [0.3, 0.4) is 0 Å². The maximum atomic E-state index is 8.59. The van der Waals surface area contributed by atoms with Gasteiger partial charge in [0, 0.05) is 25.9 Å². The van der Waals surface area contributed by atoms with Crippen molar-refractivity contribution in [2.45, 2.75) is 6.42 Å². The van der Waals surface area contributed by atoms with Crippen LogP contribution in [0, 0.1) is 0 Å². The molecule has 3 N–H and O–H groups in total. The molecule has 0 aliphatic rings. The van der Waals surface area contributed by atoms with Gasteiger partial charge >= 0.3 is 0 Å². The number of oxime groups is 1. The molecule has 19 heavy (non-hydrogen) atoms. The van der Waals surface area contributed by atoms with Gasteiger partial charge in [-0.2, -0.15) is 0 Å². The summed E-state index contributed by atoms with van der Waals surface area (Å²) in [6.45, 7) is 2.31. The van der Waals surface area contributed by atoms with Crippen molar-refractivity contribution in [2.75, 3.05) is 33.5 Å². The molecular weight excluding hydrogens is 248 g/mol. The Bertz CT molecular complexity index is 396. The lowest BCUT2D eigenvalue weighted by molar-refractivity contribution is 0.0806. The Morgan fingerprint density at radius 1 is 1.26 bits per heavy atom. The molecule has 0 amide bonds. The van der Waals surface area contributed by atoms with Gasteiger partial charge in [0.1, 0.15) is 12.4 Å². The first-order valence-electron chi connectivity index (χ1n) is 6.05. The monoisotopic (exact) mass is 268 g/mol. The van der Waals surface area contributed by atoms with Crippen LogP contribution in [0.2, 0.25) is 0 Å². The number of hydrogen-bond donors (Lipinski definition) is 2. The van der Waals surface area contributed by atoms with Gasteiger partial charge < -0.3 is 25.2 Å². The summed E-state index contributed by atoms with van der Waals surface area (Å²) in [6, 6.07) is 7.03. The first-order chi connectivity index (χ1) is 9.27. The van der Waals surface area contributed by atoms with E-state index in [0.717, 1.165) is 6.42 Å². The topological polar surface area (TPSA) is 86.3 Å². The fourth-order valence-electron chi connectivity index (χ4n) is 1.43. The third-order valence-corrected chi connectivity index (χ3v) is 2.37. The molecule has 0 aromatic heterocycles. The molecule has 6 heteroatoms. The fourth-order valence-corrected chi connectivity index (χ4v) is 1.43. The molecule has 0 unspecified atom stereocenters. The van der Waals surface area contributed by atoms with Gasteiger partial charge in [-0.25, -0.2) is 0 Å². The van der Waals surface area contributed by atoms with Crippen LogP contribution in [-0.2, 0) is 9.47 Å². The number of hydrogen-bond acceptors (Lipinski definition) is 5. The lowest BCUT2D eigenvalue weighted by Gasteiger charge is -2.08. The summed E-state index contributed by atoms with van der Waals surface area (Å²) in [7, 11) is 1.66. The van der Waals surface area contributed by atoms with Gasteiger partial charge in [-0.3, -0.25) is 0 Å². The van der Waals surface area contributed by atoms with Crippen LogP contribution in [-0.4, -0.2) is 44.6 Å². The molecule has 6 nitrogen and oxygen atoms in total. The van der Waals surface area contributed by atoms with Gasteiger partial charge in [-0.05, 0) is 18.6 Å². The highest BCUT2D eigenvalue weighted by atomic mass is 16.5. The molecule has 0 aliphatic heterocycles. The third-order valence-electron chi connectivity index (χ3n) is 2.37. The molecule has 0 heterocycles. The number of nitrogens with two attached hydrogens (primary N) is 1. The Balaban J connectivity index is 2.26. The van der Waals surface area contributed by atoms with Gasteiger partial charge in [0.15, 0.2) is 5.84 Å². The summed E-state index contributed by atoms with van der Waals surface area (Å²) >= 11 is 0. The Labute approximate surface area is 112 Å². The standard InChI is InChI=1S/C13H20N2O4/c1-17-6-3-7-18-8-9-19-12-5-2-4-11(10-12)13(14)15-16/h2,4-5,10,16H,3,6-9H2,1H3,(H2,14,15). The van der Waals surface area contributed by atoms with Crippen molar-refractivity contribution in [1.29, 1.82) is 0 Å². The maximum Gasteiger partial charge on any atom is 0.170 e.